The van der Waals surface area contributed by atoms with E-state index in [-0.39, 0.29) is 29.9 Å². The van der Waals surface area contributed by atoms with Gasteiger partial charge in [0.25, 0.3) is 0 Å². The molecule has 0 atom stereocenters. The summed E-state index contributed by atoms with van der Waals surface area (Å²) in [6.45, 7) is 2.47. The second-order valence-corrected chi connectivity index (χ2v) is 6.06. The number of benzene rings is 1. The van der Waals surface area contributed by atoms with Crippen LogP contribution in [-0.4, -0.2) is 60.3 Å². The van der Waals surface area contributed by atoms with Gasteiger partial charge in [0.05, 0.1) is 24.9 Å². The fraction of sp³-hybridized carbons (Fsp3) is 0.471. The topological polar surface area (TPSA) is 108 Å². The number of carbonyl (C=O) groups is 3. The molecule has 1 aliphatic rings. The average Bonchev–Trinajstić information content (AvgIpc) is 2.56. The Hall–Kier alpha value is -2.68. The van der Waals surface area contributed by atoms with E-state index in [4.69, 9.17) is 5.11 Å². The fourth-order valence-electron chi connectivity index (χ4n) is 2.88. The lowest BCUT2D eigenvalue weighted by atomic mass is 9.85. The molecule has 1 saturated carbocycles. The summed E-state index contributed by atoms with van der Waals surface area (Å²) in [5, 5.41) is 14.0. The third-order valence-corrected chi connectivity index (χ3v) is 4.35. The Morgan fingerprint density at radius 1 is 1.35 bits per heavy atom. The number of esters is 1. The molecule has 0 aromatic heterocycles. The van der Waals surface area contributed by atoms with Crippen molar-refractivity contribution < 1.29 is 28.6 Å². The highest BCUT2D eigenvalue weighted by molar-refractivity contribution is 5.92. The number of carbonyl (C=O) groups excluding carboxylic acids is 2. The maximum Gasteiger partial charge on any atom is 0.337 e. The molecule has 0 unspecified atom stereocenters. The molecule has 0 spiro atoms. The van der Waals surface area contributed by atoms with Crippen molar-refractivity contribution in [2.24, 2.45) is 0 Å². The molecule has 0 bridgehead atoms. The van der Waals surface area contributed by atoms with Gasteiger partial charge < -0.3 is 20.5 Å². The lowest BCUT2D eigenvalue weighted by Gasteiger charge is -2.42. The van der Waals surface area contributed by atoms with Crippen LogP contribution in [0.4, 0.5) is 14.9 Å². The molecule has 1 aromatic rings. The highest BCUT2D eigenvalue weighted by Gasteiger charge is 2.34. The molecule has 3 N–H and O–H groups in total. The average molecular weight is 367 g/mol. The van der Waals surface area contributed by atoms with Crippen LogP contribution < -0.4 is 10.6 Å². The van der Waals surface area contributed by atoms with E-state index in [1.807, 2.05) is 11.8 Å². The maximum atomic E-state index is 14.0. The first-order valence-corrected chi connectivity index (χ1v) is 8.25. The second-order valence-electron chi connectivity index (χ2n) is 6.06. The van der Waals surface area contributed by atoms with E-state index >= 15 is 0 Å². The third-order valence-electron chi connectivity index (χ3n) is 4.35. The Labute approximate surface area is 150 Å². The maximum absolute atomic E-state index is 14.0. The molecule has 142 valence electrons. The Bertz CT molecular complexity index is 691. The van der Waals surface area contributed by atoms with Crippen LogP contribution in [0.15, 0.2) is 18.2 Å². The highest BCUT2D eigenvalue weighted by atomic mass is 19.1. The largest absolute Gasteiger partial charge is 0.480 e. The molecule has 0 aliphatic heterocycles. The number of likely N-dealkylation sites (N-methyl/N-ethyl adjacent to an activating group) is 1. The summed E-state index contributed by atoms with van der Waals surface area (Å²) >= 11 is 0. The predicted molar refractivity (Wildman–Crippen MR) is 91.6 cm³/mol. The predicted octanol–water partition coefficient (Wildman–Crippen LogP) is 1.67. The molecular weight excluding hydrogens is 345 g/mol. The van der Waals surface area contributed by atoms with E-state index in [0.29, 0.717) is 19.4 Å². The summed E-state index contributed by atoms with van der Waals surface area (Å²) in [4.78, 5) is 36.0. The molecule has 1 fully saturated rings. The van der Waals surface area contributed by atoms with Crippen LogP contribution in [0.1, 0.15) is 30.1 Å². The van der Waals surface area contributed by atoms with Gasteiger partial charge in [0.15, 0.2) is 0 Å². The van der Waals surface area contributed by atoms with Gasteiger partial charge in [-0.05, 0) is 37.6 Å². The van der Waals surface area contributed by atoms with Crippen molar-refractivity contribution in [1.82, 2.24) is 10.2 Å². The number of amides is 2. The number of anilines is 1. The van der Waals surface area contributed by atoms with Gasteiger partial charge in [0.1, 0.15) is 5.82 Å². The van der Waals surface area contributed by atoms with Crippen LogP contribution in [0.2, 0.25) is 0 Å². The number of carboxylic acids is 1. The van der Waals surface area contributed by atoms with Gasteiger partial charge in [-0.3, -0.25) is 9.69 Å². The van der Waals surface area contributed by atoms with Crippen LogP contribution in [0, 0.1) is 5.82 Å². The number of urea groups is 1. The van der Waals surface area contributed by atoms with Crippen molar-refractivity contribution in [2.45, 2.75) is 31.8 Å². The lowest BCUT2D eigenvalue weighted by Crippen LogP contribution is -2.55. The monoisotopic (exact) mass is 367 g/mol. The summed E-state index contributed by atoms with van der Waals surface area (Å²) in [7, 11) is 1.20. The summed E-state index contributed by atoms with van der Waals surface area (Å²) < 4.78 is 18.5. The highest BCUT2D eigenvalue weighted by Crippen LogP contribution is 2.25. The zero-order chi connectivity index (χ0) is 19.3. The first kappa shape index (κ1) is 19.6. The molecule has 2 amide bonds. The number of nitrogens with zero attached hydrogens (tertiary/aromatic N) is 1. The van der Waals surface area contributed by atoms with E-state index in [9.17, 15) is 18.8 Å². The molecule has 8 nitrogen and oxygen atoms in total. The summed E-state index contributed by atoms with van der Waals surface area (Å²) in [6, 6.07) is 3.09. The van der Waals surface area contributed by atoms with Crippen molar-refractivity contribution >= 4 is 23.7 Å². The minimum Gasteiger partial charge on any atom is -0.480 e. The van der Waals surface area contributed by atoms with E-state index in [0.717, 1.165) is 6.07 Å². The van der Waals surface area contributed by atoms with Crippen molar-refractivity contribution in [3.05, 3.63) is 29.6 Å². The van der Waals surface area contributed by atoms with Gasteiger partial charge in [0, 0.05) is 12.1 Å². The molecule has 9 heteroatoms. The molecule has 1 aromatic carbocycles. The molecular formula is C17H22FN3O5. The standard InChI is InChI=1S/C17H22FN3O5/c1-3-21(9-15(22)23)12-7-11(8-12)19-17(25)20-14-5-4-10(6-13(14)18)16(24)26-2/h4-6,11-12H,3,7-9H2,1-2H3,(H,22,23)(H2,19,20,25). The summed E-state index contributed by atoms with van der Waals surface area (Å²) in [5.41, 5.74) is 0.00275. The van der Waals surface area contributed by atoms with E-state index in [2.05, 4.69) is 15.4 Å². The zero-order valence-electron chi connectivity index (χ0n) is 14.6. The van der Waals surface area contributed by atoms with E-state index < -0.39 is 23.8 Å². The van der Waals surface area contributed by atoms with Crippen molar-refractivity contribution in [3.8, 4) is 0 Å². The smallest absolute Gasteiger partial charge is 0.337 e. The number of hydrogen-bond acceptors (Lipinski definition) is 5. The fourth-order valence-corrected chi connectivity index (χ4v) is 2.88. The Balaban J connectivity index is 1.83. The lowest BCUT2D eigenvalue weighted by molar-refractivity contribution is -0.139. The summed E-state index contributed by atoms with van der Waals surface area (Å²) in [6.07, 6.45) is 1.27. The van der Waals surface area contributed by atoms with Crippen LogP contribution >= 0.6 is 0 Å². The normalized spacial score (nSPS) is 18.8. The molecule has 26 heavy (non-hydrogen) atoms. The van der Waals surface area contributed by atoms with Gasteiger partial charge >= 0.3 is 18.0 Å². The number of ether oxygens (including phenoxy) is 1. The zero-order valence-corrected chi connectivity index (χ0v) is 14.6. The minimum absolute atomic E-state index is 0.0299. The van der Waals surface area contributed by atoms with Gasteiger partial charge in [-0.15, -0.1) is 0 Å². The molecule has 1 aliphatic carbocycles. The second kappa shape index (κ2) is 8.61. The Morgan fingerprint density at radius 2 is 2.04 bits per heavy atom. The number of halogens is 1. The Kier molecular flexibility index (Phi) is 6.51. The van der Waals surface area contributed by atoms with Crippen LogP contribution in [0.25, 0.3) is 0 Å². The van der Waals surface area contributed by atoms with E-state index in [1.165, 1.54) is 19.2 Å². The Morgan fingerprint density at radius 3 is 2.58 bits per heavy atom. The SMILES string of the molecule is CCN(CC(=O)O)C1CC(NC(=O)Nc2ccc(C(=O)OC)cc2F)C1. The number of carboxylic acid groups (broad SMARTS) is 1. The molecule has 0 saturated heterocycles. The van der Waals surface area contributed by atoms with Gasteiger partial charge in [-0.2, -0.15) is 0 Å². The molecule has 0 heterocycles. The molecule has 2 rings (SSSR count). The van der Waals surface area contributed by atoms with E-state index in [1.54, 1.807) is 0 Å². The number of aliphatic carboxylic acids is 1. The van der Waals surface area contributed by atoms with Gasteiger partial charge in [0.2, 0.25) is 0 Å². The van der Waals surface area contributed by atoms with Crippen molar-refractivity contribution in [3.63, 3.8) is 0 Å². The third kappa shape index (κ3) is 4.92. The summed E-state index contributed by atoms with van der Waals surface area (Å²) in [5.74, 6) is -2.29. The van der Waals surface area contributed by atoms with Crippen LogP contribution in [0.3, 0.4) is 0 Å². The number of hydrogen-bond donors (Lipinski definition) is 3. The number of rotatable bonds is 7. The van der Waals surface area contributed by atoms with Crippen molar-refractivity contribution in [2.75, 3.05) is 25.5 Å². The quantitative estimate of drug-likeness (QED) is 0.633. The first-order chi connectivity index (χ1) is 12.3. The van der Waals surface area contributed by atoms with Gasteiger partial charge in [-0.1, -0.05) is 6.92 Å². The minimum atomic E-state index is -0.883. The number of methoxy groups -OCH3 is 1. The van der Waals surface area contributed by atoms with Crippen molar-refractivity contribution in [1.29, 1.82) is 0 Å². The van der Waals surface area contributed by atoms with Gasteiger partial charge in [-0.25, -0.2) is 14.0 Å². The first-order valence-electron chi connectivity index (χ1n) is 8.25. The van der Waals surface area contributed by atoms with Crippen LogP contribution in [-0.2, 0) is 9.53 Å². The van der Waals surface area contributed by atoms with Crippen LogP contribution in [0.5, 0.6) is 0 Å². The molecule has 0 radical (unpaired) electrons. The number of nitrogens with one attached hydrogen (secondary N) is 2.